The second-order valence-electron chi connectivity index (χ2n) is 5.77. The average Bonchev–Trinajstić information content (AvgIpc) is 3.13. The van der Waals surface area contributed by atoms with Gasteiger partial charge < -0.3 is 20.7 Å². The highest BCUT2D eigenvalue weighted by atomic mass is 16.5. The van der Waals surface area contributed by atoms with Crippen molar-refractivity contribution in [2.24, 2.45) is 5.73 Å². The molecule has 0 aliphatic carbocycles. The molecule has 1 saturated heterocycles. The standard InChI is InChI=1S/C16H23N5O3/c1-5-13-14(15(17)23)16(18-3)21(19-13)12-8-11(6-7-24-4)20(9-12)10(2)22/h1,11-12,18H,6-9H2,2-4H3,(H2,17,23)/t11-,12-/m0/s1. The fourth-order valence-corrected chi connectivity index (χ4v) is 3.26. The van der Waals surface area contributed by atoms with Crippen molar-refractivity contribution < 1.29 is 14.3 Å². The molecule has 1 aliphatic rings. The summed E-state index contributed by atoms with van der Waals surface area (Å²) in [6, 6.07) is -0.0222. The van der Waals surface area contributed by atoms with E-state index < -0.39 is 5.91 Å². The van der Waals surface area contributed by atoms with E-state index >= 15 is 0 Å². The largest absolute Gasteiger partial charge is 0.385 e. The third-order valence-electron chi connectivity index (χ3n) is 4.33. The Morgan fingerprint density at radius 2 is 2.25 bits per heavy atom. The molecule has 0 saturated carbocycles. The maximum atomic E-state index is 11.9. The molecule has 1 aliphatic heterocycles. The van der Waals surface area contributed by atoms with Crippen LogP contribution in [-0.4, -0.2) is 59.8 Å². The molecule has 2 rings (SSSR count). The van der Waals surface area contributed by atoms with E-state index in [1.807, 2.05) is 4.90 Å². The summed E-state index contributed by atoms with van der Waals surface area (Å²) in [5.74, 6) is 2.26. The first-order valence-corrected chi connectivity index (χ1v) is 7.77. The Labute approximate surface area is 141 Å². The Morgan fingerprint density at radius 3 is 2.75 bits per heavy atom. The number of anilines is 1. The number of nitrogens with one attached hydrogen (secondary N) is 1. The van der Waals surface area contributed by atoms with Crippen molar-refractivity contribution in [2.75, 3.05) is 32.6 Å². The van der Waals surface area contributed by atoms with E-state index in [9.17, 15) is 9.59 Å². The Balaban J connectivity index is 2.37. The van der Waals surface area contributed by atoms with Crippen LogP contribution in [0.4, 0.5) is 5.82 Å². The molecule has 2 amide bonds. The molecule has 3 N–H and O–H groups in total. The predicted molar refractivity (Wildman–Crippen MR) is 89.5 cm³/mol. The maximum absolute atomic E-state index is 11.9. The van der Waals surface area contributed by atoms with Gasteiger partial charge in [0.15, 0.2) is 0 Å². The van der Waals surface area contributed by atoms with E-state index in [1.54, 1.807) is 25.8 Å². The van der Waals surface area contributed by atoms with E-state index in [-0.39, 0.29) is 29.2 Å². The van der Waals surface area contributed by atoms with Crippen molar-refractivity contribution in [3.8, 4) is 12.3 Å². The number of amides is 2. The number of hydrogen-bond donors (Lipinski definition) is 2. The van der Waals surface area contributed by atoms with Crippen LogP contribution in [-0.2, 0) is 9.53 Å². The molecule has 8 heteroatoms. The Morgan fingerprint density at radius 1 is 1.54 bits per heavy atom. The molecule has 8 nitrogen and oxygen atoms in total. The van der Waals surface area contributed by atoms with Gasteiger partial charge in [0.2, 0.25) is 5.91 Å². The smallest absolute Gasteiger partial charge is 0.255 e. The number of methoxy groups -OCH3 is 1. The number of rotatable bonds is 6. The fraction of sp³-hybridized carbons (Fsp3) is 0.562. The molecule has 0 radical (unpaired) electrons. The highest BCUT2D eigenvalue weighted by Gasteiger charge is 2.37. The molecule has 0 aromatic carbocycles. The third kappa shape index (κ3) is 3.21. The second-order valence-corrected chi connectivity index (χ2v) is 5.77. The summed E-state index contributed by atoms with van der Waals surface area (Å²) in [5.41, 5.74) is 5.85. The Hall–Kier alpha value is -2.53. The van der Waals surface area contributed by atoms with Crippen molar-refractivity contribution in [1.29, 1.82) is 0 Å². The SMILES string of the molecule is C#Cc1nn([C@H]2C[C@H](CCOC)N(C(C)=O)C2)c(NC)c1C(N)=O. The summed E-state index contributed by atoms with van der Waals surface area (Å²) in [6.07, 6.45) is 6.90. The number of terminal acetylenes is 1. The zero-order valence-electron chi connectivity index (χ0n) is 14.2. The van der Waals surface area contributed by atoms with E-state index in [1.165, 1.54) is 0 Å². The van der Waals surface area contributed by atoms with E-state index in [4.69, 9.17) is 16.9 Å². The van der Waals surface area contributed by atoms with Gasteiger partial charge in [-0.1, -0.05) is 0 Å². The van der Waals surface area contributed by atoms with Crippen molar-refractivity contribution in [3.05, 3.63) is 11.3 Å². The number of likely N-dealkylation sites (tertiary alicyclic amines) is 1. The van der Waals surface area contributed by atoms with Crippen LogP contribution < -0.4 is 11.1 Å². The summed E-state index contributed by atoms with van der Waals surface area (Å²) >= 11 is 0. The number of carbonyl (C=O) groups excluding carboxylic acids is 2. The topological polar surface area (TPSA) is 102 Å². The van der Waals surface area contributed by atoms with Crippen molar-refractivity contribution in [2.45, 2.75) is 31.8 Å². The lowest BCUT2D eigenvalue weighted by molar-refractivity contribution is -0.130. The quantitative estimate of drug-likeness (QED) is 0.724. The number of aromatic nitrogens is 2. The number of hydrogen-bond acceptors (Lipinski definition) is 5. The predicted octanol–water partition coefficient (Wildman–Crippen LogP) is 0.203. The third-order valence-corrected chi connectivity index (χ3v) is 4.33. The maximum Gasteiger partial charge on any atom is 0.255 e. The molecule has 24 heavy (non-hydrogen) atoms. The Kier molecular flexibility index (Phi) is 5.46. The number of primary amides is 1. The first kappa shape index (κ1) is 17.8. The highest BCUT2D eigenvalue weighted by Crippen LogP contribution is 2.33. The second kappa shape index (κ2) is 7.36. The van der Waals surface area contributed by atoms with Crippen LogP contribution in [0.25, 0.3) is 0 Å². The zero-order valence-corrected chi connectivity index (χ0v) is 14.2. The molecular weight excluding hydrogens is 310 g/mol. The normalized spacial score (nSPS) is 20.0. The van der Waals surface area contributed by atoms with Crippen LogP contribution in [0.2, 0.25) is 0 Å². The zero-order chi connectivity index (χ0) is 17.9. The molecule has 1 aromatic rings. The summed E-state index contributed by atoms with van der Waals surface area (Å²) in [5, 5.41) is 7.31. The molecule has 0 spiro atoms. The molecule has 0 unspecified atom stereocenters. The van der Waals surface area contributed by atoms with Crippen LogP contribution in [0.5, 0.6) is 0 Å². The van der Waals surface area contributed by atoms with Crippen LogP contribution in [0.1, 0.15) is 41.9 Å². The molecular formula is C16H23N5O3. The van der Waals surface area contributed by atoms with Crippen molar-refractivity contribution >= 4 is 17.6 Å². The highest BCUT2D eigenvalue weighted by molar-refractivity contribution is 6.00. The molecule has 1 aromatic heterocycles. The van der Waals surface area contributed by atoms with Gasteiger partial charge in [0.1, 0.15) is 17.1 Å². The Bertz CT molecular complexity index is 676. The lowest BCUT2D eigenvalue weighted by Gasteiger charge is -2.22. The van der Waals surface area contributed by atoms with Gasteiger partial charge in [-0.15, -0.1) is 6.42 Å². The molecule has 130 valence electrons. The summed E-state index contributed by atoms with van der Waals surface area (Å²) < 4.78 is 6.81. The number of ether oxygens (including phenoxy) is 1. The summed E-state index contributed by atoms with van der Waals surface area (Å²) in [7, 11) is 3.32. The molecule has 2 atom stereocenters. The van der Waals surface area contributed by atoms with E-state index in [2.05, 4.69) is 16.3 Å². The van der Waals surface area contributed by atoms with Gasteiger partial charge in [-0.2, -0.15) is 5.10 Å². The number of carbonyl (C=O) groups is 2. The minimum atomic E-state index is -0.629. The van der Waals surface area contributed by atoms with E-state index in [0.717, 1.165) is 6.42 Å². The molecule has 2 heterocycles. The first-order chi connectivity index (χ1) is 11.4. The van der Waals surface area contributed by atoms with Crippen LogP contribution >= 0.6 is 0 Å². The van der Waals surface area contributed by atoms with Gasteiger partial charge in [0.25, 0.3) is 5.91 Å². The van der Waals surface area contributed by atoms with Crippen molar-refractivity contribution in [1.82, 2.24) is 14.7 Å². The van der Waals surface area contributed by atoms with Crippen LogP contribution in [0.3, 0.4) is 0 Å². The lowest BCUT2D eigenvalue weighted by atomic mass is 10.1. The van der Waals surface area contributed by atoms with Crippen LogP contribution in [0, 0.1) is 12.3 Å². The van der Waals surface area contributed by atoms with Gasteiger partial charge in [0, 0.05) is 40.3 Å². The molecule has 1 fully saturated rings. The fourth-order valence-electron chi connectivity index (χ4n) is 3.26. The summed E-state index contributed by atoms with van der Waals surface area (Å²) in [6.45, 7) is 2.62. The summed E-state index contributed by atoms with van der Waals surface area (Å²) in [4.78, 5) is 25.4. The minimum absolute atomic E-state index is 0.00376. The van der Waals surface area contributed by atoms with E-state index in [0.29, 0.717) is 25.4 Å². The van der Waals surface area contributed by atoms with Gasteiger partial charge in [-0.3, -0.25) is 9.59 Å². The monoisotopic (exact) mass is 333 g/mol. The van der Waals surface area contributed by atoms with Gasteiger partial charge >= 0.3 is 0 Å². The van der Waals surface area contributed by atoms with Gasteiger partial charge in [-0.25, -0.2) is 4.68 Å². The van der Waals surface area contributed by atoms with Gasteiger partial charge in [0.05, 0.1) is 6.04 Å². The first-order valence-electron chi connectivity index (χ1n) is 7.77. The number of nitrogens with zero attached hydrogens (tertiary/aromatic N) is 3. The van der Waals surface area contributed by atoms with Gasteiger partial charge in [-0.05, 0) is 18.8 Å². The minimum Gasteiger partial charge on any atom is -0.385 e. The van der Waals surface area contributed by atoms with Crippen LogP contribution in [0.15, 0.2) is 0 Å². The van der Waals surface area contributed by atoms with Crippen molar-refractivity contribution in [3.63, 3.8) is 0 Å². The number of nitrogens with two attached hydrogens (primary N) is 1. The molecule has 0 bridgehead atoms. The lowest BCUT2D eigenvalue weighted by Crippen LogP contribution is -2.34. The average molecular weight is 333 g/mol.